The van der Waals surface area contributed by atoms with Crippen molar-refractivity contribution in [3.05, 3.63) is 63.8 Å². The molecule has 2 aromatic rings. The van der Waals surface area contributed by atoms with E-state index in [4.69, 9.17) is 9.47 Å². The fraction of sp³-hybridized carbons (Fsp3) is 0.238. The number of nitrogens with one attached hydrogen (secondary N) is 2. The van der Waals surface area contributed by atoms with E-state index in [-0.39, 0.29) is 5.75 Å². The number of imide groups is 1. The van der Waals surface area contributed by atoms with E-state index in [2.05, 4.69) is 26.6 Å². The van der Waals surface area contributed by atoms with Crippen LogP contribution in [-0.2, 0) is 16.1 Å². The molecule has 3 N–H and O–H groups in total. The number of amides is 2. The van der Waals surface area contributed by atoms with Crippen LogP contribution in [0.15, 0.2) is 47.1 Å². The summed E-state index contributed by atoms with van der Waals surface area (Å²) in [6, 6.07) is 10.2. The van der Waals surface area contributed by atoms with Crippen LogP contribution >= 0.6 is 15.9 Å². The molecule has 1 heterocycles. The maximum atomic E-state index is 12.2. The second-order valence-electron chi connectivity index (χ2n) is 6.26. The number of carbonyl (C=O) groups excluding carboxylic acids is 2. The van der Waals surface area contributed by atoms with Gasteiger partial charge in [-0.05, 0) is 42.8 Å². The van der Waals surface area contributed by atoms with Crippen LogP contribution in [0.2, 0.25) is 0 Å². The van der Waals surface area contributed by atoms with Gasteiger partial charge < -0.3 is 19.9 Å². The molecule has 3 rings (SSSR count). The molecule has 2 aromatic carbocycles. The second kappa shape index (κ2) is 9.58. The summed E-state index contributed by atoms with van der Waals surface area (Å²) in [5.74, 6) is -0.465. The van der Waals surface area contributed by atoms with Crippen molar-refractivity contribution in [3.63, 3.8) is 0 Å². The van der Waals surface area contributed by atoms with Crippen LogP contribution in [0.3, 0.4) is 0 Å². The summed E-state index contributed by atoms with van der Waals surface area (Å²) >= 11 is 3.37. The fourth-order valence-electron chi connectivity index (χ4n) is 2.86. The van der Waals surface area contributed by atoms with Crippen molar-refractivity contribution < 1.29 is 24.2 Å². The van der Waals surface area contributed by atoms with Crippen LogP contribution in [0.1, 0.15) is 28.4 Å². The van der Waals surface area contributed by atoms with E-state index in [0.29, 0.717) is 48.8 Å². The number of fused-ring (bicyclic) bond motifs is 1. The minimum absolute atomic E-state index is 0.0312. The number of rotatable bonds is 8. The Hall–Kier alpha value is -2.84. The number of aromatic hydroxyl groups is 1. The minimum Gasteiger partial charge on any atom is -0.504 e. The van der Waals surface area contributed by atoms with Gasteiger partial charge in [-0.3, -0.25) is 14.9 Å². The Morgan fingerprint density at radius 2 is 1.93 bits per heavy atom. The summed E-state index contributed by atoms with van der Waals surface area (Å²) in [5, 5.41) is 15.5. The van der Waals surface area contributed by atoms with E-state index in [9.17, 15) is 14.7 Å². The molecule has 0 aromatic heterocycles. The number of halogens is 1. The summed E-state index contributed by atoms with van der Waals surface area (Å²) in [6.45, 7) is 3.70. The van der Waals surface area contributed by atoms with Crippen molar-refractivity contribution in [2.24, 2.45) is 0 Å². The highest BCUT2D eigenvalue weighted by atomic mass is 79.9. The highest BCUT2D eigenvalue weighted by molar-refractivity contribution is 9.10. The van der Waals surface area contributed by atoms with Gasteiger partial charge >= 0.3 is 0 Å². The average Bonchev–Trinajstić information content (AvgIpc) is 2.69. The molecule has 0 spiro atoms. The number of hydrogen-bond donors (Lipinski definition) is 3. The molecule has 1 aliphatic heterocycles. The van der Waals surface area contributed by atoms with Crippen molar-refractivity contribution in [1.82, 2.24) is 10.6 Å². The van der Waals surface area contributed by atoms with Crippen LogP contribution in [0.5, 0.6) is 11.5 Å². The van der Waals surface area contributed by atoms with Gasteiger partial charge in [0, 0.05) is 35.0 Å². The molecule has 29 heavy (non-hydrogen) atoms. The summed E-state index contributed by atoms with van der Waals surface area (Å²) in [6.07, 6.45) is 1.57. The lowest BCUT2D eigenvalue weighted by Gasteiger charge is -2.18. The highest BCUT2D eigenvalue weighted by Gasteiger charge is 2.27. The Kier molecular flexibility index (Phi) is 6.90. The lowest BCUT2D eigenvalue weighted by molar-refractivity contribution is -0.114. The van der Waals surface area contributed by atoms with Gasteiger partial charge in [0.05, 0.1) is 12.2 Å². The highest BCUT2D eigenvalue weighted by Crippen LogP contribution is 2.28. The molecule has 1 aliphatic rings. The van der Waals surface area contributed by atoms with Crippen LogP contribution in [0.4, 0.5) is 0 Å². The zero-order chi connectivity index (χ0) is 20.8. The number of hydrogen-bond acceptors (Lipinski definition) is 6. The molecule has 7 nitrogen and oxygen atoms in total. The van der Waals surface area contributed by atoms with E-state index in [0.717, 1.165) is 10.0 Å². The van der Waals surface area contributed by atoms with E-state index in [1.54, 1.807) is 36.5 Å². The number of phenols is 1. The van der Waals surface area contributed by atoms with Gasteiger partial charge in [0.2, 0.25) is 0 Å². The Morgan fingerprint density at radius 1 is 1.10 bits per heavy atom. The standard InChI is InChI=1S/C21H21BrN2O5/c1-2-28-7-8-29-19-6-3-13(9-18(19)25)11-23-12-17-16-10-14(22)4-5-15(16)20(26)24-21(17)27/h3-6,9-10,12,23,25H,2,7-8,11H2,1H3,(H,24,26,27)/b17-12-. The summed E-state index contributed by atoms with van der Waals surface area (Å²) in [4.78, 5) is 24.2. The smallest absolute Gasteiger partial charge is 0.260 e. The Balaban J connectivity index is 1.67. The molecular formula is C21H21BrN2O5. The molecule has 152 valence electrons. The Morgan fingerprint density at radius 3 is 2.69 bits per heavy atom. The third-order valence-electron chi connectivity index (χ3n) is 4.25. The zero-order valence-electron chi connectivity index (χ0n) is 15.8. The van der Waals surface area contributed by atoms with Gasteiger partial charge in [-0.1, -0.05) is 22.0 Å². The first kappa shape index (κ1) is 20.9. The predicted molar refractivity (Wildman–Crippen MR) is 112 cm³/mol. The maximum absolute atomic E-state index is 12.2. The van der Waals surface area contributed by atoms with Crippen molar-refractivity contribution in [1.29, 1.82) is 0 Å². The van der Waals surface area contributed by atoms with Crippen LogP contribution in [0.25, 0.3) is 5.57 Å². The molecular weight excluding hydrogens is 440 g/mol. The predicted octanol–water partition coefficient (Wildman–Crippen LogP) is 2.97. The second-order valence-corrected chi connectivity index (χ2v) is 7.18. The lowest BCUT2D eigenvalue weighted by atomic mass is 9.95. The molecule has 0 atom stereocenters. The Bertz CT molecular complexity index is 958. The quantitative estimate of drug-likeness (QED) is 0.318. The monoisotopic (exact) mass is 460 g/mol. The zero-order valence-corrected chi connectivity index (χ0v) is 17.4. The fourth-order valence-corrected chi connectivity index (χ4v) is 3.22. The summed E-state index contributed by atoms with van der Waals surface area (Å²) in [7, 11) is 0. The topological polar surface area (TPSA) is 96.9 Å². The summed E-state index contributed by atoms with van der Waals surface area (Å²) in [5.41, 5.74) is 2.16. The molecule has 2 amide bonds. The molecule has 0 bridgehead atoms. The number of ether oxygens (including phenoxy) is 2. The number of benzene rings is 2. The molecule has 0 saturated carbocycles. The number of phenolic OH excluding ortho intramolecular Hbond substituents is 1. The largest absolute Gasteiger partial charge is 0.504 e. The van der Waals surface area contributed by atoms with Gasteiger partial charge in [0.25, 0.3) is 11.8 Å². The SMILES string of the molecule is CCOCCOc1ccc(CN/C=C2\C(=O)NC(=O)c3ccc(Br)cc32)cc1O. The van der Waals surface area contributed by atoms with Gasteiger partial charge in [0.15, 0.2) is 11.5 Å². The van der Waals surface area contributed by atoms with Crippen molar-refractivity contribution in [2.75, 3.05) is 19.8 Å². The van der Waals surface area contributed by atoms with Crippen molar-refractivity contribution in [3.8, 4) is 11.5 Å². The third kappa shape index (κ3) is 5.16. The van der Waals surface area contributed by atoms with Gasteiger partial charge in [-0.2, -0.15) is 0 Å². The van der Waals surface area contributed by atoms with Crippen molar-refractivity contribution >= 4 is 33.3 Å². The molecule has 0 fully saturated rings. The van der Waals surface area contributed by atoms with Crippen LogP contribution in [-0.4, -0.2) is 36.7 Å². The molecule has 0 unspecified atom stereocenters. The molecule has 8 heteroatoms. The van der Waals surface area contributed by atoms with E-state index >= 15 is 0 Å². The third-order valence-corrected chi connectivity index (χ3v) is 4.75. The first-order chi connectivity index (χ1) is 14.0. The molecule has 0 radical (unpaired) electrons. The minimum atomic E-state index is -0.464. The van der Waals surface area contributed by atoms with Crippen LogP contribution < -0.4 is 15.4 Å². The van der Waals surface area contributed by atoms with E-state index in [1.165, 1.54) is 0 Å². The van der Waals surface area contributed by atoms with Gasteiger partial charge in [-0.25, -0.2) is 0 Å². The maximum Gasteiger partial charge on any atom is 0.260 e. The average molecular weight is 461 g/mol. The van der Waals surface area contributed by atoms with Crippen LogP contribution in [0, 0.1) is 0 Å². The lowest BCUT2D eigenvalue weighted by Crippen LogP contribution is -2.37. The number of carbonyl (C=O) groups is 2. The van der Waals surface area contributed by atoms with E-state index < -0.39 is 11.8 Å². The van der Waals surface area contributed by atoms with Gasteiger partial charge in [0.1, 0.15) is 6.61 Å². The van der Waals surface area contributed by atoms with Crippen molar-refractivity contribution in [2.45, 2.75) is 13.5 Å². The molecule has 0 aliphatic carbocycles. The normalized spacial score (nSPS) is 14.5. The first-order valence-electron chi connectivity index (χ1n) is 9.11. The Labute approximate surface area is 176 Å². The van der Waals surface area contributed by atoms with E-state index in [1.807, 2.05) is 13.0 Å². The first-order valence-corrected chi connectivity index (χ1v) is 9.90. The summed E-state index contributed by atoms with van der Waals surface area (Å²) < 4.78 is 11.4. The molecule has 0 saturated heterocycles. The van der Waals surface area contributed by atoms with Gasteiger partial charge in [-0.15, -0.1) is 0 Å².